The molecule has 2 saturated heterocycles. The first-order valence-electron chi connectivity index (χ1n) is 8.90. The van der Waals surface area contributed by atoms with Crippen molar-refractivity contribution < 1.29 is 17.9 Å². The Morgan fingerprint density at radius 3 is 2.50 bits per heavy atom. The number of esters is 1. The minimum Gasteiger partial charge on any atom is -0.469 e. The number of hydrogen-bond acceptors (Lipinski definition) is 6. The highest BCUT2D eigenvalue weighted by Crippen LogP contribution is 2.24. The van der Waals surface area contributed by atoms with Crippen molar-refractivity contribution >= 4 is 45.7 Å². The third-order valence-corrected chi connectivity index (χ3v) is 6.47. The van der Waals surface area contributed by atoms with Gasteiger partial charge in [0.15, 0.2) is 15.8 Å². The van der Waals surface area contributed by atoms with Gasteiger partial charge in [-0.05, 0) is 12.8 Å². The molecule has 152 valence electrons. The van der Waals surface area contributed by atoms with Crippen molar-refractivity contribution in [2.45, 2.75) is 13.8 Å². The van der Waals surface area contributed by atoms with E-state index in [0.29, 0.717) is 26.2 Å². The first kappa shape index (κ1) is 23.4. The molecule has 2 atom stereocenters. The van der Waals surface area contributed by atoms with Crippen molar-refractivity contribution in [3.63, 3.8) is 0 Å². The highest BCUT2D eigenvalue weighted by molar-refractivity contribution is 14.0. The van der Waals surface area contributed by atoms with Crippen LogP contribution in [0.4, 0.5) is 0 Å². The Morgan fingerprint density at radius 1 is 1.27 bits per heavy atom. The van der Waals surface area contributed by atoms with E-state index >= 15 is 0 Å². The summed E-state index contributed by atoms with van der Waals surface area (Å²) >= 11 is 0. The second-order valence-corrected chi connectivity index (χ2v) is 9.04. The molecule has 2 rings (SSSR count). The summed E-state index contributed by atoms with van der Waals surface area (Å²) in [6.45, 7) is 8.73. The number of aliphatic imine (C=N–C) groups is 1. The van der Waals surface area contributed by atoms with E-state index in [1.54, 1.807) is 0 Å². The van der Waals surface area contributed by atoms with Gasteiger partial charge in [0.1, 0.15) is 0 Å². The summed E-state index contributed by atoms with van der Waals surface area (Å²) in [6, 6.07) is 0. The average molecular weight is 502 g/mol. The standard InChI is InChI=1S/C16H30N4O4S.HI/c1-4-17-16(20-11-13(2)14(12-20)15(21)24-3)18-5-6-19-7-9-25(22,23)10-8-19;/h13-14H,4-12H2,1-3H3,(H,17,18);1H. The van der Waals surface area contributed by atoms with Gasteiger partial charge in [-0.2, -0.15) is 0 Å². The zero-order chi connectivity index (χ0) is 18.4. The van der Waals surface area contributed by atoms with Gasteiger partial charge in [-0.3, -0.25) is 14.7 Å². The number of methoxy groups -OCH3 is 1. The lowest BCUT2D eigenvalue weighted by atomic mass is 9.99. The summed E-state index contributed by atoms with van der Waals surface area (Å²) < 4.78 is 27.8. The average Bonchev–Trinajstić information content (AvgIpc) is 2.96. The van der Waals surface area contributed by atoms with Crippen LogP contribution in [0.1, 0.15) is 13.8 Å². The summed E-state index contributed by atoms with van der Waals surface area (Å²) in [4.78, 5) is 20.8. The second kappa shape index (κ2) is 10.6. The smallest absolute Gasteiger partial charge is 0.310 e. The molecule has 0 amide bonds. The van der Waals surface area contributed by atoms with Crippen molar-refractivity contribution in [2.24, 2.45) is 16.8 Å². The van der Waals surface area contributed by atoms with Gasteiger partial charge in [-0.25, -0.2) is 8.42 Å². The Balaban J connectivity index is 0.00000338. The lowest BCUT2D eigenvalue weighted by Crippen LogP contribution is -2.43. The lowest BCUT2D eigenvalue weighted by molar-refractivity contribution is -0.145. The van der Waals surface area contributed by atoms with Gasteiger partial charge >= 0.3 is 5.97 Å². The molecule has 2 unspecified atom stereocenters. The van der Waals surface area contributed by atoms with Crippen molar-refractivity contribution in [1.82, 2.24) is 15.1 Å². The molecule has 2 aliphatic heterocycles. The molecule has 0 aliphatic carbocycles. The van der Waals surface area contributed by atoms with E-state index in [-0.39, 0.29) is 53.3 Å². The third-order valence-electron chi connectivity index (χ3n) is 4.87. The molecule has 0 saturated carbocycles. The number of nitrogens with one attached hydrogen (secondary N) is 1. The number of carbonyl (C=O) groups excluding carboxylic acids is 1. The van der Waals surface area contributed by atoms with Crippen LogP contribution < -0.4 is 5.32 Å². The van der Waals surface area contributed by atoms with Gasteiger partial charge < -0.3 is 15.0 Å². The molecule has 26 heavy (non-hydrogen) atoms. The molecular weight excluding hydrogens is 471 g/mol. The quantitative estimate of drug-likeness (QED) is 0.246. The Hall–Kier alpha value is -0.620. The van der Waals surface area contributed by atoms with Gasteiger partial charge in [-0.15, -0.1) is 24.0 Å². The molecule has 2 heterocycles. The number of carbonyl (C=O) groups is 1. The summed E-state index contributed by atoms with van der Waals surface area (Å²) in [6.07, 6.45) is 0. The Labute approximate surface area is 173 Å². The first-order valence-corrected chi connectivity index (χ1v) is 10.7. The van der Waals surface area contributed by atoms with E-state index in [0.717, 1.165) is 25.6 Å². The van der Waals surface area contributed by atoms with E-state index in [4.69, 9.17) is 4.74 Å². The summed E-state index contributed by atoms with van der Waals surface area (Å²) in [7, 11) is -1.42. The maximum atomic E-state index is 11.9. The molecule has 0 aromatic heterocycles. The fourth-order valence-electron chi connectivity index (χ4n) is 3.29. The number of nitrogens with zero attached hydrogens (tertiary/aromatic N) is 3. The van der Waals surface area contributed by atoms with Gasteiger partial charge in [0.25, 0.3) is 0 Å². The Kier molecular flexibility index (Phi) is 9.59. The predicted octanol–water partition coefficient (Wildman–Crippen LogP) is 0.0412. The van der Waals surface area contributed by atoms with Gasteiger partial charge in [-0.1, -0.05) is 6.92 Å². The SMILES string of the molecule is CCNC(=NCCN1CCS(=O)(=O)CC1)N1CC(C)C(C(=O)OC)C1.I. The highest BCUT2D eigenvalue weighted by atomic mass is 127. The first-order chi connectivity index (χ1) is 11.9. The van der Waals surface area contributed by atoms with Crippen LogP contribution in [-0.2, 0) is 19.4 Å². The van der Waals surface area contributed by atoms with Crippen LogP contribution in [0, 0.1) is 11.8 Å². The van der Waals surface area contributed by atoms with E-state index < -0.39 is 9.84 Å². The molecule has 0 aromatic rings. The normalized spacial score (nSPS) is 26.3. The molecule has 1 N–H and O–H groups in total. The fourth-order valence-corrected chi connectivity index (χ4v) is 4.57. The number of likely N-dealkylation sites (tertiary alicyclic amines) is 1. The topological polar surface area (TPSA) is 91.3 Å². The molecule has 0 aromatic carbocycles. The van der Waals surface area contributed by atoms with E-state index in [1.165, 1.54) is 7.11 Å². The largest absolute Gasteiger partial charge is 0.469 e. The summed E-state index contributed by atoms with van der Waals surface area (Å²) in [5.41, 5.74) is 0. The maximum absolute atomic E-state index is 11.9. The summed E-state index contributed by atoms with van der Waals surface area (Å²) in [5, 5.41) is 3.28. The Morgan fingerprint density at radius 2 is 1.92 bits per heavy atom. The number of sulfone groups is 1. The van der Waals surface area contributed by atoms with Gasteiger partial charge in [0.2, 0.25) is 0 Å². The molecule has 10 heteroatoms. The Bertz CT molecular complexity index is 585. The van der Waals surface area contributed by atoms with E-state index in [2.05, 4.69) is 27.0 Å². The van der Waals surface area contributed by atoms with Crippen LogP contribution in [0.15, 0.2) is 4.99 Å². The third kappa shape index (κ3) is 6.52. The summed E-state index contributed by atoms with van der Waals surface area (Å²) in [5.74, 6) is 1.22. The molecule has 0 spiro atoms. The van der Waals surface area contributed by atoms with Crippen LogP contribution in [0.5, 0.6) is 0 Å². The maximum Gasteiger partial charge on any atom is 0.310 e. The second-order valence-electron chi connectivity index (χ2n) is 6.74. The van der Waals surface area contributed by atoms with Crippen LogP contribution >= 0.6 is 24.0 Å². The minimum absolute atomic E-state index is 0. The number of ether oxygens (including phenoxy) is 1. The zero-order valence-corrected chi connectivity index (χ0v) is 19.0. The number of hydrogen-bond donors (Lipinski definition) is 1. The van der Waals surface area contributed by atoms with Crippen molar-refractivity contribution in [1.29, 1.82) is 0 Å². The van der Waals surface area contributed by atoms with Crippen LogP contribution in [0.3, 0.4) is 0 Å². The molecule has 2 aliphatic rings. The van der Waals surface area contributed by atoms with Gasteiger partial charge in [0.05, 0.1) is 31.1 Å². The molecule has 2 fully saturated rings. The molecule has 0 radical (unpaired) electrons. The van der Waals surface area contributed by atoms with E-state index in [9.17, 15) is 13.2 Å². The monoisotopic (exact) mass is 502 g/mol. The minimum atomic E-state index is -2.84. The molecular formula is C16H31IN4O4S. The number of halogens is 1. The van der Waals surface area contributed by atoms with Gasteiger partial charge in [0, 0.05) is 39.3 Å². The fraction of sp³-hybridized carbons (Fsp3) is 0.875. The van der Waals surface area contributed by atoms with Crippen LogP contribution in [0.2, 0.25) is 0 Å². The highest BCUT2D eigenvalue weighted by Gasteiger charge is 2.36. The van der Waals surface area contributed by atoms with Crippen molar-refractivity contribution in [3.8, 4) is 0 Å². The van der Waals surface area contributed by atoms with E-state index in [1.807, 2.05) is 6.92 Å². The zero-order valence-electron chi connectivity index (χ0n) is 15.8. The number of rotatable bonds is 5. The van der Waals surface area contributed by atoms with Crippen molar-refractivity contribution in [2.75, 3.05) is 64.4 Å². The van der Waals surface area contributed by atoms with Crippen LogP contribution in [-0.4, -0.2) is 94.6 Å². The molecule has 0 bridgehead atoms. The van der Waals surface area contributed by atoms with Crippen LogP contribution in [0.25, 0.3) is 0 Å². The lowest BCUT2D eigenvalue weighted by Gasteiger charge is -2.26. The number of guanidine groups is 1. The molecule has 8 nitrogen and oxygen atoms in total. The van der Waals surface area contributed by atoms with Crippen molar-refractivity contribution in [3.05, 3.63) is 0 Å². The predicted molar refractivity (Wildman–Crippen MR) is 113 cm³/mol.